The molecule has 4 rings (SSSR count). The van der Waals surface area contributed by atoms with Crippen LogP contribution in [-0.2, 0) is 0 Å². The van der Waals surface area contributed by atoms with Gasteiger partial charge in [0.15, 0.2) is 0 Å². The first-order valence-corrected chi connectivity index (χ1v) is 7.30. The van der Waals surface area contributed by atoms with Crippen LogP contribution in [0.2, 0.25) is 0 Å². The summed E-state index contributed by atoms with van der Waals surface area (Å²) in [5, 5.41) is 0.909. The Hall–Kier alpha value is -1.78. The summed E-state index contributed by atoms with van der Waals surface area (Å²) < 4.78 is 11.3. The van der Waals surface area contributed by atoms with Crippen LogP contribution in [0.1, 0.15) is 12.8 Å². The molecule has 2 bridgehead atoms. The molecule has 0 radical (unpaired) electrons. The minimum Gasteiger partial charge on any atom is -0.490 e. The molecule has 1 aromatic carbocycles. The van der Waals surface area contributed by atoms with E-state index in [0.29, 0.717) is 17.7 Å². The zero-order valence-corrected chi connectivity index (χ0v) is 13.1. The lowest BCUT2D eigenvalue weighted by atomic mass is 9.99. The van der Waals surface area contributed by atoms with E-state index >= 15 is 0 Å². The van der Waals surface area contributed by atoms with Gasteiger partial charge < -0.3 is 9.15 Å². The Balaban J connectivity index is 0.00000144. The largest absolute Gasteiger partial charge is 0.490 e. The average molecular weight is 320 g/mol. The average Bonchev–Trinajstić information content (AvgIpc) is 2.70. The number of likely N-dealkylation sites (N-methyl/N-ethyl adjacent to an activating group) is 1. The van der Waals surface area contributed by atoms with Gasteiger partial charge >= 0.3 is 5.63 Å². The van der Waals surface area contributed by atoms with Crippen molar-refractivity contribution in [1.29, 1.82) is 0 Å². The minimum atomic E-state index is -0.332. The van der Waals surface area contributed by atoms with Crippen molar-refractivity contribution >= 4 is 23.4 Å². The highest BCUT2D eigenvalue weighted by molar-refractivity contribution is 5.85. The molecule has 2 aromatic rings. The molecule has 0 saturated carbocycles. The Labute approximate surface area is 134 Å². The van der Waals surface area contributed by atoms with Crippen LogP contribution in [0.3, 0.4) is 0 Å². The fourth-order valence-corrected chi connectivity index (χ4v) is 3.30. The highest BCUT2D eigenvalue weighted by Gasteiger charge is 2.35. The van der Waals surface area contributed by atoms with Crippen molar-refractivity contribution in [3.05, 3.63) is 52.9 Å². The summed E-state index contributed by atoms with van der Waals surface area (Å²) in [5.41, 5.74) is 0.246. The third kappa shape index (κ3) is 2.64. The Kier molecular flexibility index (Phi) is 3.98. The quantitative estimate of drug-likeness (QED) is 0.630. The van der Waals surface area contributed by atoms with E-state index < -0.39 is 0 Å². The number of nitrogens with zero attached hydrogens (tertiary/aromatic N) is 1. The van der Waals surface area contributed by atoms with Crippen LogP contribution in [0, 0.1) is 0 Å². The molecule has 22 heavy (non-hydrogen) atoms. The Morgan fingerprint density at radius 1 is 1.14 bits per heavy atom. The van der Waals surface area contributed by atoms with Crippen LogP contribution in [0.15, 0.2) is 51.7 Å². The first-order valence-electron chi connectivity index (χ1n) is 7.30. The highest BCUT2D eigenvalue weighted by Crippen LogP contribution is 2.32. The highest BCUT2D eigenvalue weighted by atomic mass is 35.5. The number of ether oxygens (including phenoxy) is 1. The Morgan fingerprint density at radius 3 is 2.55 bits per heavy atom. The lowest BCUT2D eigenvalue weighted by molar-refractivity contribution is 0.0752. The second-order valence-electron chi connectivity index (χ2n) is 5.85. The van der Waals surface area contributed by atoms with Gasteiger partial charge in [-0.2, -0.15) is 0 Å². The summed E-state index contributed by atoms with van der Waals surface area (Å²) in [6, 6.07) is 9.84. The number of halogens is 1. The molecule has 0 aliphatic carbocycles. The first kappa shape index (κ1) is 15.1. The maximum atomic E-state index is 11.3. The molecule has 2 aliphatic rings. The van der Waals surface area contributed by atoms with Gasteiger partial charge in [0.2, 0.25) is 0 Å². The molecule has 3 heterocycles. The van der Waals surface area contributed by atoms with E-state index in [4.69, 9.17) is 9.15 Å². The molecule has 1 saturated heterocycles. The SMILES string of the molecule is CN1C2C=CC1CC(Oc1ccc3ccc(=O)oc3c1)C2.Cl. The molecule has 0 N–H and O–H groups in total. The lowest BCUT2D eigenvalue weighted by Crippen LogP contribution is -2.44. The molecule has 1 aromatic heterocycles. The molecule has 2 aliphatic heterocycles. The van der Waals surface area contributed by atoms with Gasteiger partial charge in [-0.3, -0.25) is 4.90 Å². The summed E-state index contributed by atoms with van der Waals surface area (Å²) in [6.07, 6.45) is 6.75. The van der Waals surface area contributed by atoms with E-state index in [0.717, 1.165) is 24.0 Å². The zero-order chi connectivity index (χ0) is 14.4. The first-order chi connectivity index (χ1) is 10.2. The number of benzene rings is 1. The van der Waals surface area contributed by atoms with Gasteiger partial charge in [0.1, 0.15) is 17.4 Å². The van der Waals surface area contributed by atoms with E-state index in [1.165, 1.54) is 6.07 Å². The molecule has 0 spiro atoms. The normalized spacial score (nSPS) is 26.9. The van der Waals surface area contributed by atoms with Crippen molar-refractivity contribution < 1.29 is 9.15 Å². The number of hydrogen-bond acceptors (Lipinski definition) is 4. The van der Waals surface area contributed by atoms with Crippen LogP contribution in [0.25, 0.3) is 11.0 Å². The Bertz CT molecular complexity index is 754. The molecule has 116 valence electrons. The third-order valence-corrected chi connectivity index (χ3v) is 4.51. The van der Waals surface area contributed by atoms with Gasteiger partial charge in [0, 0.05) is 42.4 Å². The van der Waals surface area contributed by atoms with Gasteiger partial charge in [-0.1, -0.05) is 12.2 Å². The van der Waals surface area contributed by atoms with Crippen LogP contribution < -0.4 is 10.4 Å². The minimum absolute atomic E-state index is 0. The standard InChI is InChI=1S/C17H17NO3.ClH/c1-18-12-4-5-13(18)9-15(8-12)20-14-6-2-11-3-7-17(19)21-16(11)10-14;/h2-7,10,12-13,15H,8-9H2,1H3;1H. The van der Waals surface area contributed by atoms with E-state index in [9.17, 15) is 4.79 Å². The predicted molar refractivity (Wildman–Crippen MR) is 87.9 cm³/mol. The molecule has 5 heteroatoms. The van der Waals surface area contributed by atoms with E-state index in [1.807, 2.05) is 18.2 Å². The fraction of sp³-hybridized carbons (Fsp3) is 0.353. The summed E-state index contributed by atoms with van der Waals surface area (Å²) in [6.45, 7) is 0. The van der Waals surface area contributed by atoms with E-state index in [1.54, 1.807) is 6.07 Å². The summed E-state index contributed by atoms with van der Waals surface area (Å²) in [5.74, 6) is 0.769. The van der Waals surface area contributed by atoms with Gasteiger partial charge in [0.25, 0.3) is 0 Å². The second kappa shape index (κ2) is 5.78. The van der Waals surface area contributed by atoms with Crippen molar-refractivity contribution in [3.63, 3.8) is 0 Å². The number of hydrogen-bond donors (Lipinski definition) is 0. The van der Waals surface area contributed by atoms with Gasteiger partial charge in [-0.25, -0.2) is 4.79 Å². The van der Waals surface area contributed by atoms with Crippen LogP contribution in [-0.4, -0.2) is 30.1 Å². The number of piperidine rings is 1. The van der Waals surface area contributed by atoms with Gasteiger partial charge in [0.05, 0.1) is 0 Å². The molecule has 0 amide bonds. The van der Waals surface area contributed by atoms with Crippen LogP contribution in [0.4, 0.5) is 0 Å². The second-order valence-corrected chi connectivity index (χ2v) is 5.85. The summed E-state index contributed by atoms with van der Waals surface area (Å²) >= 11 is 0. The van der Waals surface area contributed by atoms with E-state index in [-0.39, 0.29) is 24.1 Å². The van der Waals surface area contributed by atoms with Crippen molar-refractivity contribution in [2.75, 3.05) is 7.05 Å². The van der Waals surface area contributed by atoms with Gasteiger partial charge in [-0.05, 0) is 25.2 Å². The third-order valence-electron chi connectivity index (χ3n) is 4.51. The molecular formula is C17H18ClNO3. The summed E-state index contributed by atoms with van der Waals surface area (Å²) in [7, 11) is 2.16. The monoisotopic (exact) mass is 319 g/mol. The van der Waals surface area contributed by atoms with Crippen LogP contribution in [0.5, 0.6) is 5.75 Å². The van der Waals surface area contributed by atoms with Crippen LogP contribution >= 0.6 is 12.4 Å². The smallest absolute Gasteiger partial charge is 0.336 e. The predicted octanol–water partition coefficient (Wildman–Crippen LogP) is 2.99. The molecule has 1 fully saturated rings. The summed E-state index contributed by atoms with van der Waals surface area (Å²) in [4.78, 5) is 13.7. The Morgan fingerprint density at radius 2 is 1.82 bits per heavy atom. The fourth-order valence-electron chi connectivity index (χ4n) is 3.30. The molecule has 4 nitrogen and oxygen atoms in total. The lowest BCUT2D eigenvalue weighted by Gasteiger charge is -2.36. The maximum absolute atomic E-state index is 11.3. The van der Waals surface area contributed by atoms with E-state index in [2.05, 4.69) is 24.1 Å². The van der Waals surface area contributed by atoms with Crippen molar-refractivity contribution in [2.24, 2.45) is 0 Å². The topological polar surface area (TPSA) is 42.7 Å². The number of fused-ring (bicyclic) bond motifs is 3. The zero-order valence-electron chi connectivity index (χ0n) is 12.3. The van der Waals surface area contributed by atoms with Crippen molar-refractivity contribution in [2.45, 2.75) is 31.0 Å². The maximum Gasteiger partial charge on any atom is 0.336 e. The molecular weight excluding hydrogens is 302 g/mol. The van der Waals surface area contributed by atoms with Crippen molar-refractivity contribution in [3.8, 4) is 5.75 Å². The van der Waals surface area contributed by atoms with Gasteiger partial charge in [-0.15, -0.1) is 12.4 Å². The molecule has 2 unspecified atom stereocenters. The number of rotatable bonds is 2. The van der Waals surface area contributed by atoms with Crippen molar-refractivity contribution in [1.82, 2.24) is 4.90 Å². The molecule has 2 atom stereocenters.